The highest BCUT2D eigenvalue weighted by Crippen LogP contribution is 2.27. The molecule has 0 aliphatic carbocycles. The number of methoxy groups -OCH3 is 1. The molecule has 1 rings (SSSR count). The van der Waals surface area contributed by atoms with Crippen LogP contribution in [0.1, 0.15) is 6.42 Å². The summed E-state index contributed by atoms with van der Waals surface area (Å²) in [6.07, 6.45) is -0.00941. The van der Waals surface area contributed by atoms with Crippen molar-refractivity contribution in [2.75, 3.05) is 47.5 Å². The Morgan fingerprint density at radius 1 is 1.22 bits per heavy atom. The van der Waals surface area contributed by atoms with Crippen LogP contribution in [0.2, 0.25) is 5.02 Å². The molecule has 0 aliphatic heterocycles. The van der Waals surface area contributed by atoms with Crippen LogP contribution >= 0.6 is 11.6 Å². The molecule has 0 radical (unpaired) electrons. The fourth-order valence-electron chi connectivity index (χ4n) is 1.80. The molecule has 1 aromatic carbocycles. The average Bonchev–Trinajstić information content (AvgIpc) is 2.60. The quantitative estimate of drug-likeness (QED) is 0.495. The standard InChI is InChI=1S/C16H24ClN3O6S/c1-20(2)16(22)11-26-14-5-4-12(10-13(14)17)27(23,24)19-7-6-15(21)18-8-9-25-3/h4-5,10,19H,6-9,11H2,1-3H3,(H,18,21). The number of likely N-dealkylation sites (N-methyl/N-ethyl adjacent to an activating group) is 1. The summed E-state index contributed by atoms with van der Waals surface area (Å²) in [5, 5.41) is 2.65. The van der Waals surface area contributed by atoms with Gasteiger partial charge in [-0.15, -0.1) is 0 Å². The van der Waals surface area contributed by atoms with E-state index >= 15 is 0 Å². The monoisotopic (exact) mass is 421 g/mol. The molecule has 27 heavy (non-hydrogen) atoms. The average molecular weight is 422 g/mol. The van der Waals surface area contributed by atoms with E-state index in [1.54, 1.807) is 14.1 Å². The van der Waals surface area contributed by atoms with Crippen molar-refractivity contribution in [3.05, 3.63) is 23.2 Å². The lowest BCUT2D eigenvalue weighted by Crippen LogP contribution is -2.32. The summed E-state index contributed by atoms with van der Waals surface area (Å²) in [6, 6.07) is 3.90. The van der Waals surface area contributed by atoms with Gasteiger partial charge < -0.3 is 19.7 Å². The fourth-order valence-corrected chi connectivity index (χ4v) is 3.15. The molecule has 0 bridgehead atoms. The number of rotatable bonds is 11. The highest BCUT2D eigenvalue weighted by Gasteiger charge is 2.17. The normalized spacial score (nSPS) is 11.1. The molecule has 0 saturated heterocycles. The molecule has 1 aromatic rings. The van der Waals surface area contributed by atoms with Crippen LogP contribution in [0, 0.1) is 0 Å². The predicted octanol–water partition coefficient (Wildman–Crippen LogP) is 0.238. The van der Waals surface area contributed by atoms with Gasteiger partial charge in [-0.25, -0.2) is 13.1 Å². The van der Waals surface area contributed by atoms with E-state index in [1.807, 2.05) is 0 Å². The molecule has 11 heteroatoms. The van der Waals surface area contributed by atoms with Crippen molar-refractivity contribution in [2.45, 2.75) is 11.3 Å². The van der Waals surface area contributed by atoms with E-state index in [0.29, 0.717) is 13.2 Å². The van der Waals surface area contributed by atoms with Crippen molar-refractivity contribution in [2.24, 2.45) is 0 Å². The van der Waals surface area contributed by atoms with Crippen LogP contribution in [-0.4, -0.2) is 72.6 Å². The van der Waals surface area contributed by atoms with Crippen LogP contribution in [0.3, 0.4) is 0 Å². The first-order chi connectivity index (χ1) is 12.7. The van der Waals surface area contributed by atoms with Crippen molar-refractivity contribution < 1.29 is 27.5 Å². The van der Waals surface area contributed by atoms with E-state index in [-0.39, 0.29) is 47.1 Å². The second kappa shape index (κ2) is 11.1. The number of hydrogen-bond donors (Lipinski definition) is 2. The minimum Gasteiger partial charge on any atom is -0.482 e. The Kier molecular flexibility index (Phi) is 9.50. The lowest BCUT2D eigenvalue weighted by molar-refractivity contribution is -0.130. The summed E-state index contributed by atoms with van der Waals surface area (Å²) >= 11 is 6.04. The Balaban J connectivity index is 2.60. The molecule has 0 heterocycles. The van der Waals surface area contributed by atoms with Crippen molar-refractivity contribution in [1.82, 2.24) is 14.9 Å². The molecule has 2 N–H and O–H groups in total. The Bertz CT molecular complexity index is 755. The molecule has 0 unspecified atom stereocenters. The third-order valence-corrected chi connectivity index (χ3v) is 5.09. The molecule has 0 fully saturated rings. The van der Waals surface area contributed by atoms with Gasteiger partial charge >= 0.3 is 0 Å². The number of nitrogens with one attached hydrogen (secondary N) is 2. The van der Waals surface area contributed by atoms with Gasteiger partial charge in [0, 0.05) is 40.7 Å². The van der Waals surface area contributed by atoms with Gasteiger partial charge in [-0.3, -0.25) is 9.59 Å². The maximum Gasteiger partial charge on any atom is 0.259 e. The first kappa shape index (κ1) is 23.2. The predicted molar refractivity (Wildman–Crippen MR) is 100 cm³/mol. The van der Waals surface area contributed by atoms with Crippen molar-refractivity contribution in [3.8, 4) is 5.75 Å². The zero-order valence-electron chi connectivity index (χ0n) is 15.5. The summed E-state index contributed by atoms with van der Waals surface area (Å²) in [5.41, 5.74) is 0. The zero-order chi connectivity index (χ0) is 20.4. The number of hydrogen-bond acceptors (Lipinski definition) is 6. The van der Waals surface area contributed by atoms with E-state index < -0.39 is 10.0 Å². The van der Waals surface area contributed by atoms with E-state index in [0.717, 1.165) is 0 Å². The molecule has 0 atom stereocenters. The molecular weight excluding hydrogens is 398 g/mol. The number of nitrogens with zero attached hydrogens (tertiary/aromatic N) is 1. The van der Waals surface area contributed by atoms with Gasteiger partial charge in [0.15, 0.2) is 6.61 Å². The van der Waals surface area contributed by atoms with E-state index in [4.69, 9.17) is 21.1 Å². The summed E-state index contributed by atoms with van der Waals surface area (Å²) in [5.74, 6) is -0.348. The summed E-state index contributed by atoms with van der Waals surface area (Å²) in [7, 11) is 0.860. The summed E-state index contributed by atoms with van der Waals surface area (Å²) < 4.78 is 37.0. The number of ether oxygens (including phenoxy) is 2. The third-order valence-electron chi connectivity index (χ3n) is 3.34. The maximum absolute atomic E-state index is 12.3. The minimum absolute atomic E-state index is 0.00941. The minimum atomic E-state index is -3.83. The SMILES string of the molecule is COCCNC(=O)CCNS(=O)(=O)c1ccc(OCC(=O)N(C)C)c(Cl)c1. The number of sulfonamides is 1. The largest absolute Gasteiger partial charge is 0.482 e. The molecule has 0 aromatic heterocycles. The molecular formula is C16H24ClN3O6S. The van der Waals surface area contributed by atoms with Gasteiger partial charge in [-0.2, -0.15) is 0 Å². The smallest absolute Gasteiger partial charge is 0.259 e. The second-order valence-electron chi connectivity index (χ2n) is 5.66. The molecule has 0 aliphatic rings. The Hall–Kier alpha value is -1.88. The second-order valence-corrected chi connectivity index (χ2v) is 7.83. The maximum atomic E-state index is 12.3. The Morgan fingerprint density at radius 3 is 2.52 bits per heavy atom. The van der Waals surface area contributed by atoms with Gasteiger partial charge in [0.2, 0.25) is 15.9 Å². The first-order valence-electron chi connectivity index (χ1n) is 8.05. The first-order valence-corrected chi connectivity index (χ1v) is 9.91. The van der Waals surface area contributed by atoms with Crippen molar-refractivity contribution >= 4 is 33.4 Å². The lowest BCUT2D eigenvalue weighted by Gasteiger charge is -2.13. The molecule has 9 nitrogen and oxygen atoms in total. The molecule has 152 valence electrons. The van der Waals surface area contributed by atoms with Gasteiger partial charge in [0.05, 0.1) is 16.5 Å². The molecule has 0 saturated carbocycles. The fraction of sp³-hybridized carbons (Fsp3) is 0.500. The number of carbonyl (C=O) groups excluding carboxylic acids is 2. The number of benzene rings is 1. The van der Waals surface area contributed by atoms with Crippen LogP contribution in [0.5, 0.6) is 5.75 Å². The Morgan fingerprint density at radius 2 is 1.93 bits per heavy atom. The Labute approximate surface area is 164 Å². The van der Waals surface area contributed by atoms with E-state index in [9.17, 15) is 18.0 Å². The topological polar surface area (TPSA) is 114 Å². The van der Waals surface area contributed by atoms with Crippen LogP contribution in [-0.2, 0) is 24.3 Å². The van der Waals surface area contributed by atoms with E-state index in [2.05, 4.69) is 10.0 Å². The number of amides is 2. The molecule has 2 amide bonds. The van der Waals surface area contributed by atoms with Crippen LogP contribution < -0.4 is 14.8 Å². The molecule has 0 spiro atoms. The van der Waals surface area contributed by atoms with E-state index in [1.165, 1.54) is 30.2 Å². The van der Waals surface area contributed by atoms with Gasteiger partial charge in [0.25, 0.3) is 5.91 Å². The summed E-state index contributed by atoms with van der Waals surface area (Å²) in [6.45, 7) is 0.462. The highest BCUT2D eigenvalue weighted by molar-refractivity contribution is 7.89. The van der Waals surface area contributed by atoms with Gasteiger partial charge in [-0.05, 0) is 18.2 Å². The van der Waals surface area contributed by atoms with Gasteiger partial charge in [-0.1, -0.05) is 11.6 Å². The highest BCUT2D eigenvalue weighted by atomic mass is 35.5. The zero-order valence-corrected chi connectivity index (χ0v) is 17.0. The number of halogens is 1. The number of carbonyl (C=O) groups is 2. The van der Waals surface area contributed by atoms with Crippen LogP contribution in [0.15, 0.2) is 23.1 Å². The van der Waals surface area contributed by atoms with Crippen LogP contribution in [0.4, 0.5) is 0 Å². The summed E-state index contributed by atoms with van der Waals surface area (Å²) in [4.78, 5) is 24.4. The van der Waals surface area contributed by atoms with Gasteiger partial charge in [0.1, 0.15) is 5.75 Å². The third kappa shape index (κ3) is 8.12. The van der Waals surface area contributed by atoms with Crippen LogP contribution in [0.25, 0.3) is 0 Å². The lowest BCUT2D eigenvalue weighted by atomic mass is 10.3. The van der Waals surface area contributed by atoms with Crippen molar-refractivity contribution in [3.63, 3.8) is 0 Å². The van der Waals surface area contributed by atoms with Crippen molar-refractivity contribution in [1.29, 1.82) is 0 Å².